The molecule has 1 atom stereocenters. The molecule has 2 heterocycles. The Morgan fingerprint density at radius 2 is 1.80 bits per heavy atom. The second-order valence-electron chi connectivity index (χ2n) is 7.16. The van der Waals surface area contributed by atoms with Gasteiger partial charge in [-0.2, -0.15) is 16.8 Å². The van der Waals surface area contributed by atoms with Gasteiger partial charge in [0.2, 0.25) is 10.3 Å². The van der Waals surface area contributed by atoms with Crippen LogP contribution in [0.1, 0.15) is 27.8 Å². The Kier molecular flexibility index (Phi) is 9.46. The van der Waals surface area contributed by atoms with Gasteiger partial charge in [-0.15, -0.1) is 20.4 Å². The normalized spacial score (nSPS) is 12.1. The van der Waals surface area contributed by atoms with Crippen LogP contribution in [0.5, 0.6) is 11.5 Å². The number of hydrogen-bond donors (Lipinski definition) is 1. The number of aliphatic imine (C=N–C) groups is 1. The van der Waals surface area contributed by atoms with Crippen LogP contribution in [0.3, 0.4) is 0 Å². The molecule has 4 aromatic rings. The smallest absolute Gasteiger partial charge is 0.234 e. The molecule has 0 aliphatic carbocycles. The summed E-state index contributed by atoms with van der Waals surface area (Å²) in [6.07, 6.45) is 2.08. The van der Waals surface area contributed by atoms with Gasteiger partial charge in [-0.25, -0.2) is 0 Å². The van der Waals surface area contributed by atoms with Crippen LogP contribution < -0.4 is 14.8 Å². The van der Waals surface area contributed by atoms with Gasteiger partial charge in [0.15, 0.2) is 13.1 Å². The highest BCUT2D eigenvalue weighted by Gasteiger charge is 2.20. The molecular weight excluding hydrogens is 568 g/mol. The molecule has 1 unspecified atom stereocenters. The maximum atomic E-state index is 5.73. The van der Waals surface area contributed by atoms with Gasteiger partial charge in [0.1, 0.15) is 21.5 Å². The number of halogens is 1. The maximum absolute atomic E-state index is 5.73. The van der Waals surface area contributed by atoms with Crippen LogP contribution in [0, 0.1) is 6.92 Å². The molecule has 2 aromatic carbocycles. The molecule has 12 heteroatoms. The Hall–Kier alpha value is -2.54. The lowest BCUT2D eigenvalue weighted by atomic mass is 10.2. The lowest BCUT2D eigenvalue weighted by molar-refractivity contribution is 0.346. The van der Waals surface area contributed by atoms with Crippen LogP contribution in [-0.2, 0) is 6.42 Å². The lowest BCUT2D eigenvalue weighted by Crippen LogP contribution is -2.08. The first kappa shape index (κ1) is 25.5. The van der Waals surface area contributed by atoms with Gasteiger partial charge in [-0.05, 0) is 49.1 Å². The van der Waals surface area contributed by atoms with Gasteiger partial charge in [0.05, 0.1) is 5.25 Å². The summed E-state index contributed by atoms with van der Waals surface area (Å²) in [5.41, 5.74) is 1.20. The summed E-state index contributed by atoms with van der Waals surface area (Å²) in [6, 6.07) is 15.5. The SMILES string of the molecule is CCSC(Cc1nnc(N=COc2ccc(Br)cc2)s1)c1nnc(NCOc2ccc(C)cc2)s1. The topological polar surface area (TPSA) is 94.4 Å². The van der Waals surface area contributed by atoms with Crippen molar-refractivity contribution in [3.63, 3.8) is 0 Å². The predicted octanol–water partition coefficient (Wildman–Crippen LogP) is 6.68. The Morgan fingerprint density at radius 1 is 1.03 bits per heavy atom. The minimum atomic E-state index is 0.134. The predicted molar refractivity (Wildman–Crippen MR) is 148 cm³/mol. The van der Waals surface area contributed by atoms with Crippen molar-refractivity contribution in [2.75, 3.05) is 17.8 Å². The van der Waals surface area contributed by atoms with E-state index in [1.807, 2.05) is 55.5 Å². The summed E-state index contributed by atoms with van der Waals surface area (Å²) in [5, 5.41) is 23.5. The van der Waals surface area contributed by atoms with Crippen LogP contribution in [0.25, 0.3) is 0 Å². The number of aryl methyl sites for hydroxylation is 1. The second-order valence-corrected chi connectivity index (χ2v) is 11.6. The van der Waals surface area contributed by atoms with Crippen molar-refractivity contribution in [3.05, 3.63) is 68.6 Å². The number of ether oxygens (including phenoxy) is 2. The number of benzene rings is 2. The molecule has 0 radical (unpaired) electrons. The number of thioether (sulfide) groups is 1. The van der Waals surface area contributed by atoms with E-state index >= 15 is 0 Å². The first-order chi connectivity index (χ1) is 17.1. The molecule has 4 rings (SSSR count). The molecule has 0 aliphatic rings. The summed E-state index contributed by atoms with van der Waals surface area (Å²) >= 11 is 8.17. The van der Waals surface area contributed by atoms with Gasteiger partial charge < -0.3 is 14.8 Å². The van der Waals surface area contributed by atoms with Crippen molar-refractivity contribution >= 4 is 67.0 Å². The zero-order valence-corrected chi connectivity index (χ0v) is 23.1. The van der Waals surface area contributed by atoms with Gasteiger partial charge >= 0.3 is 0 Å². The number of rotatable bonds is 12. The molecule has 2 aromatic heterocycles. The van der Waals surface area contributed by atoms with Crippen LogP contribution in [0.2, 0.25) is 0 Å². The quantitative estimate of drug-likeness (QED) is 0.111. The fraction of sp³-hybridized carbons (Fsp3) is 0.261. The first-order valence-corrected chi connectivity index (χ1v) is 14.2. The Morgan fingerprint density at radius 3 is 2.57 bits per heavy atom. The summed E-state index contributed by atoms with van der Waals surface area (Å²) in [5.74, 6) is 2.46. The average molecular weight is 592 g/mol. The number of anilines is 1. The van der Waals surface area contributed by atoms with Crippen molar-refractivity contribution in [1.82, 2.24) is 20.4 Å². The van der Waals surface area contributed by atoms with E-state index in [2.05, 4.69) is 53.6 Å². The zero-order chi connectivity index (χ0) is 24.5. The summed E-state index contributed by atoms with van der Waals surface area (Å²) < 4.78 is 12.2. The van der Waals surface area contributed by atoms with E-state index in [4.69, 9.17) is 9.47 Å². The minimum absolute atomic E-state index is 0.134. The first-order valence-electron chi connectivity index (χ1n) is 10.7. The minimum Gasteiger partial charge on any atom is -0.473 e. The molecule has 182 valence electrons. The molecule has 1 N–H and O–H groups in total. The van der Waals surface area contributed by atoms with Crippen LogP contribution in [0.4, 0.5) is 10.3 Å². The van der Waals surface area contributed by atoms with Crippen LogP contribution >= 0.6 is 50.4 Å². The van der Waals surface area contributed by atoms with E-state index in [9.17, 15) is 0 Å². The monoisotopic (exact) mass is 590 g/mol. The molecular formula is C23H23BrN6O2S3. The third-order valence-corrected chi connectivity index (χ3v) is 8.20. The fourth-order valence-electron chi connectivity index (χ4n) is 2.85. The average Bonchev–Trinajstić information content (AvgIpc) is 3.51. The van der Waals surface area contributed by atoms with Crippen LogP contribution in [-0.4, -0.2) is 39.3 Å². The molecule has 0 saturated heterocycles. The van der Waals surface area contributed by atoms with Crippen molar-refractivity contribution in [3.8, 4) is 11.5 Å². The maximum Gasteiger partial charge on any atom is 0.234 e. The van der Waals surface area contributed by atoms with E-state index in [1.165, 1.54) is 34.6 Å². The summed E-state index contributed by atoms with van der Waals surface area (Å²) in [6.45, 7) is 4.50. The molecule has 35 heavy (non-hydrogen) atoms. The second kappa shape index (κ2) is 13.0. The van der Waals surface area contributed by atoms with Crippen molar-refractivity contribution in [2.45, 2.75) is 25.5 Å². The van der Waals surface area contributed by atoms with E-state index in [-0.39, 0.29) is 5.25 Å². The van der Waals surface area contributed by atoms with E-state index < -0.39 is 0 Å². The van der Waals surface area contributed by atoms with Crippen molar-refractivity contribution < 1.29 is 9.47 Å². The summed E-state index contributed by atoms with van der Waals surface area (Å²) in [4.78, 5) is 4.27. The van der Waals surface area contributed by atoms with Gasteiger partial charge in [-0.3, -0.25) is 0 Å². The highest BCUT2D eigenvalue weighted by atomic mass is 79.9. The largest absolute Gasteiger partial charge is 0.473 e. The highest BCUT2D eigenvalue weighted by molar-refractivity contribution is 9.10. The number of hydrogen-bond acceptors (Lipinski definition) is 11. The zero-order valence-electron chi connectivity index (χ0n) is 19.1. The lowest BCUT2D eigenvalue weighted by Gasteiger charge is -2.10. The van der Waals surface area contributed by atoms with E-state index in [0.29, 0.717) is 24.0 Å². The molecule has 0 amide bonds. The van der Waals surface area contributed by atoms with E-state index in [0.717, 1.165) is 31.1 Å². The van der Waals surface area contributed by atoms with Crippen molar-refractivity contribution in [1.29, 1.82) is 0 Å². The van der Waals surface area contributed by atoms with Gasteiger partial charge in [0.25, 0.3) is 0 Å². The van der Waals surface area contributed by atoms with Crippen molar-refractivity contribution in [2.24, 2.45) is 4.99 Å². The molecule has 0 spiro atoms. The van der Waals surface area contributed by atoms with Crippen LogP contribution in [0.15, 0.2) is 58.0 Å². The third-order valence-electron chi connectivity index (χ3n) is 4.55. The Bertz CT molecular complexity index is 1230. The highest BCUT2D eigenvalue weighted by Crippen LogP contribution is 2.36. The molecule has 0 saturated carbocycles. The van der Waals surface area contributed by atoms with Gasteiger partial charge in [0, 0.05) is 10.9 Å². The molecule has 0 fully saturated rings. The number of nitrogens with zero attached hydrogens (tertiary/aromatic N) is 5. The van der Waals surface area contributed by atoms with Gasteiger partial charge in [-0.1, -0.05) is 63.2 Å². The van der Waals surface area contributed by atoms with E-state index in [1.54, 1.807) is 11.8 Å². The molecule has 8 nitrogen and oxygen atoms in total. The summed E-state index contributed by atoms with van der Waals surface area (Å²) in [7, 11) is 0. The molecule has 0 aliphatic heterocycles. The number of aromatic nitrogens is 4. The number of nitrogens with one attached hydrogen (secondary N) is 1. The third kappa shape index (κ3) is 7.99. The fourth-order valence-corrected chi connectivity index (χ4v) is 5.87. The molecule has 0 bridgehead atoms. The Labute approximate surface area is 224 Å². The standard InChI is InChI=1S/C23H23BrN6O2S3/c1-3-33-19(21-28-30-23(35-21)26-14-31-17-8-4-15(2)5-9-17)12-20-27-29-22(34-20)25-13-32-18-10-6-16(24)7-11-18/h4-11,13,19H,3,12,14H2,1-2H3,(H,26,30). The Balaban J connectivity index is 1.30.